The van der Waals surface area contributed by atoms with Gasteiger partial charge in [-0.05, 0) is 61.2 Å². The molecule has 0 saturated heterocycles. The van der Waals surface area contributed by atoms with Gasteiger partial charge >= 0.3 is 0 Å². The number of hydrogen-bond acceptors (Lipinski definition) is 3. The Morgan fingerprint density at radius 2 is 2.00 bits per heavy atom. The van der Waals surface area contributed by atoms with Gasteiger partial charge in [0.15, 0.2) is 0 Å². The van der Waals surface area contributed by atoms with Crippen molar-refractivity contribution >= 4 is 33.2 Å². The van der Waals surface area contributed by atoms with Gasteiger partial charge in [-0.2, -0.15) is 0 Å². The highest BCUT2D eigenvalue weighted by molar-refractivity contribution is 7.89. The number of benzene rings is 2. The van der Waals surface area contributed by atoms with Crippen LogP contribution in [0.1, 0.15) is 37.4 Å². The highest BCUT2D eigenvalue weighted by Gasteiger charge is 2.24. The van der Waals surface area contributed by atoms with Gasteiger partial charge in [0.2, 0.25) is 15.9 Å². The summed E-state index contributed by atoms with van der Waals surface area (Å²) in [6.07, 6.45) is 1.58. The molecule has 1 heterocycles. The number of hydrogen-bond donors (Lipinski definition) is 1. The van der Waals surface area contributed by atoms with Crippen LogP contribution in [-0.4, -0.2) is 20.9 Å². The van der Waals surface area contributed by atoms with Gasteiger partial charge in [0.05, 0.1) is 4.90 Å². The van der Waals surface area contributed by atoms with E-state index in [1.165, 1.54) is 6.92 Å². The average Bonchev–Trinajstić information content (AvgIpc) is 2.60. The summed E-state index contributed by atoms with van der Waals surface area (Å²) in [5.74, 6) is -0.0331. The molecular formula is C19H21ClN2O3S. The molecule has 2 aromatic carbocycles. The number of fused-ring (bicyclic) bond motifs is 1. The third kappa shape index (κ3) is 3.92. The summed E-state index contributed by atoms with van der Waals surface area (Å²) < 4.78 is 28.2. The second-order valence-corrected chi connectivity index (χ2v) is 8.61. The molecule has 1 aliphatic heterocycles. The van der Waals surface area contributed by atoms with Gasteiger partial charge in [-0.1, -0.05) is 23.7 Å². The summed E-state index contributed by atoms with van der Waals surface area (Å²) in [5.41, 5.74) is 2.47. The van der Waals surface area contributed by atoms with Gasteiger partial charge in [-0.3, -0.25) is 4.79 Å². The number of carbonyl (C=O) groups excluding carboxylic acids is 1. The summed E-state index contributed by atoms with van der Waals surface area (Å²) >= 11 is 5.99. The van der Waals surface area contributed by atoms with E-state index in [0.717, 1.165) is 29.7 Å². The molecule has 2 aromatic rings. The number of rotatable bonds is 4. The lowest BCUT2D eigenvalue weighted by atomic mass is 10.0. The average molecular weight is 393 g/mol. The van der Waals surface area contributed by atoms with E-state index in [0.29, 0.717) is 11.6 Å². The Morgan fingerprint density at radius 3 is 2.69 bits per heavy atom. The van der Waals surface area contributed by atoms with E-state index < -0.39 is 16.1 Å². The lowest BCUT2D eigenvalue weighted by Crippen LogP contribution is -2.34. The highest BCUT2D eigenvalue weighted by Crippen LogP contribution is 2.30. The van der Waals surface area contributed by atoms with Crippen LogP contribution < -0.4 is 9.62 Å². The second-order valence-electron chi connectivity index (χ2n) is 6.46. The predicted molar refractivity (Wildman–Crippen MR) is 103 cm³/mol. The maximum Gasteiger partial charge on any atom is 0.241 e. The number of aryl methyl sites for hydroxylation is 1. The zero-order valence-corrected chi connectivity index (χ0v) is 16.3. The fourth-order valence-corrected chi connectivity index (χ4v) is 4.69. The van der Waals surface area contributed by atoms with Crippen molar-refractivity contribution in [3.8, 4) is 0 Å². The molecule has 0 radical (unpaired) electrons. The second kappa shape index (κ2) is 7.39. The molecule has 0 saturated carbocycles. The first-order valence-corrected chi connectivity index (χ1v) is 10.3. The smallest absolute Gasteiger partial charge is 0.241 e. The predicted octanol–water partition coefficient (Wildman–Crippen LogP) is 3.68. The number of carbonyl (C=O) groups is 1. The normalized spacial score (nSPS) is 15.4. The largest absolute Gasteiger partial charge is 0.312 e. The van der Waals surface area contributed by atoms with Crippen molar-refractivity contribution in [1.29, 1.82) is 0 Å². The third-order valence-electron chi connectivity index (χ3n) is 4.54. The molecule has 0 unspecified atom stereocenters. The van der Waals surface area contributed by atoms with Crippen LogP contribution in [0.5, 0.6) is 0 Å². The monoisotopic (exact) mass is 392 g/mol. The molecular weight excluding hydrogens is 372 g/mol. The highest BCUT2D eigenvalue weighted by atomic mass is 35.5. The minimum absolute atomic E-state index is 0.0331. The molecule has 5 nitrogen and oxygen atoms in total. The molecule has 1 atom stereocenters. The minimum Gasteiger partial charge on any atom is -0.312 e. The van der Waals surface area contributed by atoms with E-state index in [4.69, 9.17) is 11.6 Å². The SMILES string of the molecule is CC(=O)N1CCCc2cc(S(=O)(=O)N[C@H](C)c3cccc(Cl)c3)ccc21. The number of nitrogens with zero attached hydrogens (tertiary/aromatic N) is 1. The van der Waals surface area contributed by atoms with E-state index in [9.17, 15) is 13.2 Å². The van der Waals surface area contributed by atoms with Crippen molar-refractivity contribution in [1.82, 2.24) is 4.72 Å². The zero-order valence-electron chi connectivity index (χ0n) is 14.7. The van der Waals surface area contributed by atoms with Crippen molar-refractivity contribution in [2.45, 2.75) is 37.6 Å². The van der Waals surface area contributed by atoms with Crippen molar-refractivity contribution in [2.24, 2.45) is 0 Å². The molecule has 1 N–H and O–H groups in total. The van der Waals surface area contributed by atoms with Gasteiger partial charge in [0, 0.05) is 30.2 Å². The van der Waals surface area contributed by atoms with Gasteiger partial charge < -0.3 is 4.90 Å². The van der Waals surface area contributed by atoms with E-state index in [1.54, 1.807) is 48.2 Å². The summed E-state index contributed by atoms with van der Waals surface area (Å²) in [6, 6.07) is 11.6. The molecule has 0 spiro atoms. The van der Waals surface area contributed by atoms with E-state index in [2.05, 4.69) is 4.72 Å². The maximum atomic E-state index is 12.8. The fourth-order valence-electron chi connectivity index (χ4n) is 3.21. The van der Waals surface area contributed by atoms with Gasteiger partial charge in [0.25, 0.3) is 0 Å². The summed E-state index contributed by atoms with van der Waals surface area (Å²) in [6.45, 7) is 3.96. The minimum atomic E-state index is -3.69. The first-order chi connectivity index (χ1) is 12.3. The lowest BCUT2D eigenvalue weighted by molar-refractivity contribution is -0.116. The summed E-state index contributed by atoms with van der Waals surface area (Å²) in [7, 11) is -3.69. The number of halogens is 1. The Balaban J connectivity index is 1.87. The van der Waals surface area contributed by atoms with Crippen molar-refractivity contribution in [3.05, 3.63) is 58.6 Å². The van der Waals surface area contributed by atoms with E-state index in [-0.39, 0.29) is 10.8 Å². The Kier molecular flexibility index (Phi) is 5.37. The van der Waals surface area contributed by atoms with Gasteiger partial charge in [0.1, 0.15) is 0 Å². The van der Waals surface area contributed by atoms with Crippen LogP contribution in [0.2, 0.25) is 5.02 Å². The molecule has 138 valence electrons. The van der Waals surface area contributed by atoms with E-state index in [1.807, 2.05) is 6.07 Å². The Morgan fingerprint density at radius 1 is 1.23 bits per heavy atom. The number of amides is 1. The standard InChI is InChI=1S/C19H21ClN2O3S/c1-13(15-5-3-7-17(20)11-15)21-26(24,25)18-8-9-19-16(12-18)6-4-10-22(19)14(2)23/h3,5,7-9,11-13,21H,4,6,10H2,1-2H3/t13-/m1/s1. The first kappa shape index (κ1) is 18.9. The fraction of sp³-hybridized carbons (Fsp3) is 0.316. The molecule has 0 aliphatic carbocycles. The van der Waals surface area contributed by atoms with Gasteiger partial charge in [-0.15, -0.1) is 0 Å². The van der Waals surface area contributed by atoms with Crippen molar-refractivity contribution in [3.63, 3.8) is 0 Å². The number of nitrogens with one attached hydrogen (secondary N) is 1. The van der Waals surface area contributed by atoms with Crippen LogP contribution in [0.15, 0.2) is 47.4 Å². The van der Waals surface area contributed by atoms with Gasteiger partial charge in [-0.25, -0.2) is 13.1 Å². The Hall–Kier alpha value is -1.89. The third-order valence-corrected chi connectivity index (χ3v) is 6.31. The molecule has 1 aliphatic rings. The van der Waals surface area contributed by atoms with Crippen LogP contribution in [0.4, 0.5) is 5.69 Å². The Bertz CT molecular complexity index is 944. The number of sulfonamides is 1. The molecule has 0 aromatic heterocycles. The zero-order chi connectivity index (χ0) is 18.9. The van der Waals surface area contributed by atoms with Crippen LogP contribution in [0, 0.1) is 0 Å². The molecule has 26 heavy (non-hydrogen) atoms. The molecule has 0 bridgehead atoms. The van der Waals surface area contributed by atoms with Crippen molar-refractivity contribution in [2.75, 3.05) is 11.4 Å². The van der Waals surface area contributed by atoms with Crippen LogP contribution >= 0.6 is 11.6 Å². The summed E-state index contributed by atoms with van der Waals surface area (Å²) in [4.78, 5) is 13.7. The van der Waals surface area contributed by atoms with Crippen LogP contribution in [0.3, 0.4) is 0 Å². The van der Waals surface area contributed by atoms with Crippen molar-refractivity contribution < 1.29 is 13.2 Å². The first-order valence-electron chi connectivity index (χ1n) is 8.47. The topological polar surface area (TPSA) is 66.5 Å². The van der Waals surface area contributed by atoms with E-state index >= 15 is 0 Å². The number of anilines is 1. The van der Waals surface area contributed by atoms with Crippen LogP contribution in [-0.2, 0) is 21.2 Å². The summed E-state index contributed by atoms with van der Waals surface area (Å²) in [5, 5.41) is 0.562. The quantitative estimate of drug-likeness (QED) is 0.863. The lowest BCUT2D eigenvalue weighted by Gasteiger charge is -2.29. The molecule has 7 heteroatoms. The maximum absolute atomic E-state index is 12.8. The molecule has 0 fully saturated rings. The molecule has 3 rings (SSSR count). The van der Waals surface area contributed by atoms with Crippen LogP contribution in [0.25, 0.3) is 0 Å². The Labute approximate surface area is 159 Å². The molecule has 1 amide bonds.